The maximum atomic E-state index is 13.4. The highest BCUT2D eigenvalue weighted by Gasteiger charge is 2.36. The normalized spacial score (nSPS) is 18.3. The summed E-state index contributed by atoms with van der Waals surface area (Å²) >= 11 is 0. The van der Waals surface area contributed by atoms with Crippen molar-refractivity contribution in [1.82, 2.24) is 14.9 Å². The van der Waals surface area contributed by atoms with E-state index in [-0.39, 0.29) is 17.9 Å². The molecule has 6 nitrogen and oxygen atoms in total. The van der Waals surface area contributed by atoms with Gasteiger partial charge in [-0.2, -0.15) is 0 Å². The van der Waals surface area contributed by atoms with Gasteiger partial charge in [0.2, 0.25) is 5.91 Å². The van der Waals surface area contributed by atoms with Gasteiger partial charge in [-0.1, -0.05) is 50.6 Å². The first-order valence-corrected chi connectivity index (χ1v) is 10.5. The number of hydrogen-bond donors (Lipinski definition) is 1. The summed E-state index contributed by atoms with van der Waals surface area (Å²) in [5.41, 5.74) is 3.30. The molecule has 1 saturated heterocycles. The van der Waals surface area contributed by atoms with E-state index in [1.54, 1.807) is 7.11 Å². The second kappa shape index (κ2) is 9.25. The Bertz CT molecular complexity index is 848. The van der Waals surface area contributed by atoms with Crippen molar-refractivity contribution in [3.05, 3.63) is 41.9 Å². The summed E-state index contributed by atoms with van der Waals surface area (Å²) in [6, 6.07) is 7.89. The number of aromatic amines is 1. The molecule has 1 N–H and O–H groups in total. The van der Waals surface area contributed by atoms with E-state index in [0.29, 0.717) is 12.3 Å². The van der Waals surface area contributed by atoms with Crippen LogP contribution in [0.5, 0.6) is 0 Å². The van der Waals surface area contributed by atoms with Crippen LogP contribution >= 0.6 is 0 Å². The van der Waals surface area contributed by atoms with Crippen molar-refractivity contribution in [2.75, 3.05) is 13.7 Å². The Morgan fingerprint density at radius 1 is 1.34 bits per heavy atom. The third-order valence-electron chi connectivity index (χ3n) is 5.52. The van der Waals surface area contributed by atoms with Gasteiger partial charge in [0.15, 0.2) is 5.90 Å². The third kappa shape index (κ3) is 4.69. The molecule has 0 aliphatic carbocycles. The molecule has 0 saturated carbocycles. The minimum atomic E-state index is -0.433. The first kappa shape index (κ1) is 21.1. The molecule has 2 heterocycles. The number of nitrogens with one attached hydrogen (secondary N) is 1. The van der Waals surface area contributed by atoms with E-state index in [1.807, 2.05) is 31.9 Å². The lowest BCUT2D eigenvalue weighted by molar-refractivity contribution is -0.134. The van der Waals surface area contributed by atoms with Gasteiger partial charge in [-0.15, -0.1) is 0 Å². The Hall–Kier alpha value is -2.63. The van der Waals surface area contributed by atoms with Crippen molar-refractivity contribution in [3.8, 4) is 11.3 Å². The number of carbonyl (C=O) groups is 1. The Labute approximate surface area is 173 Å². The summed E-state index contributed by atoms with van der Waals surface area (Å²) in [6.45, 7) is 8.85. The minimum Gasteiger partial charge on any atom is -0.484 e. The molecule has 0 bridgehead atoms. The molecule has 1 aromatic heterocycles. The molecule has 29 heavy (non-hydrogen) atoms. The Balaban J connectivity index is 1.83. The number of H-pyrrole nitrogens is 1. The van der Waals surface area contributed by atoms with Crippen LogP contribution in [-0.2, 0) is 9.53 Å². The fourth-order valence-corrected chi connectivity index (χ4v) is 3.80. The highest BCUT2D eigenvalue weighted by atomic mass is 16.5. The van der Waals surface area contributed by atoms with Gasteiger partial charge < -0.3 is 14.6 Å². The molecule has 3 rings (SSSR count). The number of hydrogen-bond acceptors (Lipinski definition) is 4. The van der Waals surface area contributed by atoms with Gasteiger partial charge in [-0.25, -0.2) is 9.98 Å². The molecule has 156 valence electrons. The Morgan fingerprint density at radius 3 is 2.69 bits per heavy atom. The number of rotatable bonds is 6. The quantitative estimate of drug-likeness (QED) is 0.576. The molecule has 1 aliphatic heterocycles. The van der Waals surface area contributed by atoms with Gasteiger partial charge >= 0.3 is 0 Å². The number of nitrogens with zero attached hydrogens (tertiary/aromatic N) is 3. The van der Waals surface area contributed by atoms with Crippen molar-refractivity contribution in [2.45, 2.75) is 59.0 Å². The van der Waals surface area contributed by atoms with Crippen LogP contribution in [0.2, 0.25) is 0 Å². The van der Waals surface area contributed by atoms with Crippen LogP contribution in [0.3, 0.4) is 0 Å². The van der Waals surface area contributed by atoms with E-state index >= 15 is 0 Å². The van der Waals surface area contributed by atoms with Crippen LogP contribution in [0.25, 0.3) is 11.3 Å². The number of methoxy groups -OCH3 is 1. The first-order chi connectivity index (χ1) is 13.9. The number of benzene rings is 1. The van der Waals surface area contributed by atoms with Crippen LogP contribution in [0.15, 0.2) is 35.5 Å². The Kier molecular flexibility index (Phi) is 6.72. The molecule has 2 atom stereocenters. The number of carbonyl (C=O) groups excluding carboxylic acids is 1. The maximum absolute atomic E-state index is 13.4. The fourth-order valence-electron chi connectivity index (χ4n) is 3.80. The van der Waals surface area contributed by atoms with Crippen LogP contribution in [0.4, 0.5) is 0 Å². The monoisotopic (exact) mass is 396 g/mol. The molecular weight excluding hydrogens is 364 g/mol. The van der Waals surface area contributed by atoms with Gasteiger partial charge in [-0.3, -0.25) is 4.79 Å². The summed E-state index contributed by atoms with van der Waals surface area (Å²) in [6.07, 6.45) is 4.41. The van der Waals surface area contributed by atoms with E-state index in [4.69, 9.17) is 4.74 Å². The van der Waals surface area contributed by atoms with Crippen LogP contribution < -0.4 is 0 Å². The third-order valence-corrected chi connectivity index (χ3v) is 5.52. The highest BCUT2D eigenvalue weighted by molar-refractivity contribution is 5.86. The number of aliphatic imine (C=N–C) groups is 1. The number of amides is 1. The van der Waals surface area contributed by atoms with Gasteiger partial charge in [0.1, 0.15) is 11.9 Å². The molecule has 1 fully saturated rings. The maximum Gasteiger partial charge on any atom is 0.248 e. The number of likely N-dealkylation sites (tertiary alicyclic amines) is 1. The molecule has 1 aromatic carbocycles. The average Bonchev–Trinajstić information content (AvgIpc) is 3.38. The van der Waals surface area contributed by atoms with E-state index in [1.165, 1.54) is 5.56 Å². The highest BCUT2D eigenvalue weighted by Crippen LogP contribution is 2.33. The van der Waals surface area contributed by atoms with Crippen molar-refractivity contribution in [3.63, 3.8) is 0 Å². The summed E-state index contributed by atoms with van der Waals surface area (Å²) in [5.74, 6) is 1.62. The SMILES string of the molecule is CCC(=NC(C(=O)N1CCCC1c1ncc(-c2ccc(C)cc2)[nH]1)C(C)C)OC. The fraction of sp³-hybridized carbons (Fsp3) is 0.522. The largest absolute Gasteiger partial charge is 0.484 e. The van der Waals surface area contributed by atoms with Crippen molar-refractivity contribution < 1.29 is 9.53 Å². The summed E-state index contributed by atoms with van der Waals surface area (Å²) in [7, 11) is 1.61. The van der Waals surface area contributed by atoms with Gasteiger partial charge in [0, 0.05) is 13.0 Å². The lowest BCUT2D eigenvalue weighted by Crippen LogP contribution is -2.41. The summed E-state index contributed by atoms with van der Waals surface area (Å²) in [5, 5.41) is 0. The zero-order valence-corrected chi connectivity index (χ0v) is 18.1. The topological polar surface area (TPSA) is 70.6 Å². The van der Waals surface area contributed by atoms with Crippen LogP contribution in [0.1, 0.15) is 57.5 Å². The zero-order chi connectivity index (χ0) is 21.0. The molecular formula is C23H32N4O2. The zero-order valence-electron chi connectivity index (χ0n) is 18.1. The standard InChI is InChI=1S/C23H32N4O2/c1-6-20(29-5)26-21(15(2)3)23(28)27-13-7-8-19(27)22-24-14-18(25-22)17-11-9-16(4)10-12-17/h9-12,14-15,19,21H,6-8,13H2,1-5H3,(H,24,25). The molecule has 2 aromatic rings. The Morgan fingerprint density at radius 2 is 2.07 bits per heavy atom. The lowest BCUT2D eigenvalue weighted by atomic mass is 10.0. The smallest absolute Gasteiger partial charge is 0.248 e. The number of aryl methyl sites for hydroxylation is 1. The number of aromatic nitrogens is 2. The predicted octanol–water partition coefficient (Wildman–Crippen LogP) is 4.53. The minimum absolute atomic E-state index is 0.0363. The molecule has 0 radical (unpaired) electrons. The molecule has 1 amide bonds. The van der Waals surface area contributed by atoms with Crippen LogP contribution in [-0.4, -0.2) is 46.4 Å². The van der Waals surface area contributed by atoms with Crippen LogP contribution in [0, 0.1) is 12.8 Å². The van der Waals surface area contributed by atoms with E-state index in [0.717, 1.165) is 36.5 Å². The van der Waals surface area contributed by atoms with Crippen molar-refractivity contribution >= 4 is 11.8 Å². The lowest BCUT2D eigenvalue weighted by Gasteiger charge is -2.28. The first-order valence-electron chi connectivity index (χ1n) is 10.5. The van der Waals surface area contributed by atoms with E-state index in [9.17, 15) is 4.79 Å². The second-order valence-corrected chi connectivity index (χ2v) is 8.01. The number of ether oxygens (including phenoxy) is 1. The molecule has 1 aliphatic rings. The van der Waals surface area contributed by atoms with Crippen molar-refractivity contribution in [1.29, 1.82) is 0 Å². The average molecular weight is 397 g/mol. The van der Waals surface area contributed by atoms with Gasteiger partial charge in [0.25, 0.3) is 0 Å². The predicted molar refractivity (Wildman–Crippen MR) is 116 cm³/mol. The van der Waals surface area contributed by atoms with Gasteiger partial charge in [-0.05, 0) is 31.2 Å². The van der Waals surface area contributed by atoms with E-state index < -0.39 is 6.04 Å². The molecule has 6 heteroatoms. The second-order valence-electron chi connectivity index (χ2n) is 8.01. The van der Waals surface area contributed by atoms with Gasteiger partial charge in [0.05, 0.1) is 25.0 Å². The van der Waals surface area contributed by atoms with Crippen molar-refractivity contribution in [2.24, 2.45) is 10.9 Å². The summed E-state index contributed by atoms with van der Waals surface area (Å²) < 4.78 is 5.33. The van der Waals surface area contributed by atoms with E-state index in [2.05, 4.69) is 46.1 Å². The summed E-state index contributed by atoms with van der Waals surface area (Å²) in [4.78, 5) is 28.0. The number of imidazole rings is 1. The molecule has 2 unspecified atom stereocenters. The molecule has 0 spiro atoms.